The number of methoxy groups -OCH3 is 1. The van der Waals surface area contributed by atoms with Crippen molar-refractivity contribution in [1.82, 2.24) is 0 Å². The third kappa shape index (κ3) is 3.62. The Morgan fingerprint density at radius 3 is 2.67 bits per heavy atom. The molecule has 1 aliphatic rings. The van der Waals surface area contributed by atoms with E-state index in [0.717, 1.165) is 28.5 Å². The van der Waals surface area contributed by atoms with Crippen molar-refractivity contribution in [2.24, 2.45) is 5.92 Å². The van der Waals surface area contributed by atoms with E-state index in [4.69, 9.17) is 14.2 Å². The highest BCUT2D eigenvalue weighted by Crippen LogP contribution is 2.31. The van der Waals surface area contributed by atoms with Gasteiger partial charge in [-0.15, -0.1) is 0 Å². The molecule has 5 heteroatoms. The van der Waals surface area contributed by atoms with Crippen molar-refractivity contribution >= 4 is 11.6 Å². The summed E-state index contributed by atoms with van der Waals surface area (Å²) in [5.74, 6) is 2.10. The van der Waals surface area contributed by atoms with Gasteiger partial charge >= 0.3 is 0 Å². The maximum absolute atomic E-state index is 12.5. The molecule has 0 fully saturated rings. The van der Waals surface area contributed by atoms with Gasteiger partial charge < -0.3 is 19.5 Å². The molecule has 0 spiro atoms. The number of rotatable bonds is 5. The lowest BCUT2D eigenvalue weighted by Crippen LogP contribution is -2.32. The van der Waals surface area contributed by atoms with Crippen LogP contribution < -0.4 is 19.5 Å². The van der Waals surface area contributed by atoms with Crippen LogP contribution in [0.1, 0.15) is 12.5 Å². The molecule has 1 atom stereocenters. The van der Waals surface area contributed by atoms with Gasteiger partial charge in [-0.3, -0.25) is 4.79 Å². The van der Waals surface area contributed by atoms with E-state index in [-0.39, 0.29) is 11.8 Å². The van der Waals surface area contributed by atoms with Gasteiger partial charge in [0.15, 0.2) is 0 Å². The SMILES string of the molecule is CCOc1ccc(NC(=O)C2COc3ccc(OC)cc3C2)cc1. The van der Waals surface area contributed by atoms with E-state index >= 15 is 0 Å². The first-order valence-electron chi connectivity index (χ1n) is 8.03. The zero-order valence-electron chi connectivity index (χ0n) is 13.9. The largest absolute Gasteiger partial charge is 0.497 e. The fourth-order valence-corrected chi connectivity index (χ4v) is 2.71. The number of amides is 1. The number of benzene rings is 2. The molecule has 3 rings (SSSR count). The van der Waals surface area contributed by atoms with Crippen LogP contribution in [-0.2, 0) is 11.2 Å². The molecule has 0 aliphatic carbocycles. The van der Waals surface area contributed by atoms with Crippen LogP contribution in [0.2, 0.25) is 0 Å². The zero-order valence-corrected chi connectivity index (χ0v) is 13.9. The fraction of sp³-hybridized carbons (Fsp3) is 0.316. The highest BCUT2D eigenvalue weighted by molar-refractivity contribution is 5.93. The van der Waals surface area contributed by atoms with Crippen molar-refractivity contribution in [3.8, 4) is 17.2 Å². The van der Waals surface area contributed by atoms with Gasteiger partial charge in [-0.2, -0.15) is 0 Å². The molecule has 2 aromatic carbocycles. The number of hydrogen-bond acceptors (Lipinski definition) is 4. The topological polar surface area (TPSA) is 56.8 Å². The van der Waals surface area contributed by atoms with Crippen molar-refractivity contribution < 1.29 is 19.0 Å². The summed E-state index contributed by atoms with van der Waals surface area (Å²) in [7, 11) is 1.63. The minimum atomic E-state index is -0.226. The zero-order chi connectivity index (χ0) is 16.9. The summed E-state index contributed by atoms with van der Waals surface area (Å²) in [4.78, 5) is 12.5. The first kappa shape index (κ1) is 16.2. The van der Waals surface area contributed by atoms with Crippen molar-refractivity contribution in [1.29, 1.82) is 0 Å². The van der Waals surface area contributed by atoms with Crippen LogP contribution in [0.3, 0.4) is 0 Å². The minimum Gasteiger partial charge on any atom is -0.497 e. The molecule has 1 aliphatic heterocycles. The Kier molecular flexibility index (Phi) is 4.89. The summed E-state index contributed by atoms with van der Waals surface area (Å²) in [6.07, 6.45) is 0.634. The molecule has 1 heterocycles. The van der Waals surface area contributed by atoms with Gasteiger partial charge in [0.25, 0.3) is 0 Å². The third-order valence-corrected chi connectivity index (χ3v) is 3.98. The van der Waals surface area contributed by atoms with Crippen molar-refractivity contribution in [2.75, 3.05) is 25.6 Å². The number of anilines is 1. The molecule has 5 nitrogen and oxygen atoms in total. The monoisotopic (exact) mass is 327 g/mol. The first-order chi connectivity index (χ1) is 11.7. The smallest absolute Gasteiger partial charge is 0.231 e. The van der Waals surface area contributed by atoms with Gasteiger partial charge in [-0.1, -0.05) is 0 Å². The highest BCUT2D eigenvalue weighted by Gasteiger charge is 2.26. The average Bonchev–Trinajstić information content (AvgIpc) is 2.62. The van der Waals surface area contributed by atoms with Crippen molar-refractivity contribution in [2.45, 2.75) is 13.3 Å². The number of fused-ring (bicyclic) bond motifs is 1. The van der Waals surface area contributed by atoms with Crippen LogP contribution in [0.5, 0.6) is 17.2 Å². The number of hydrogen-bond donors (Lipinski definition) is 1. The molecule has 1 unspecified atom stereocenters. The van der Waals surface area contributed by atoms with E-state index in [1.165, 1.54) is 0 Å². The van der Waals surface area contributed by atoms with Crippen LogP contribution in [-0.4, -0.2) is 26.2 Å². The standard InChI is InChI=1S/C19H21NO4/c1-3-23-16-6-4-15(5-7-16)20-19(21)14-10-13-11-17(22-2)8-9-18(13)24-12-14/h4-9,11,14H,3,10,12H2,1-2H3,(H,20,21). The van der Waals surface area contributed by atoms with E-state index in [9.17, 15) is 4.79 Å². The number of nitrogens with one attached hydrogen (secondary N) is 1. The Morgan fingerprint density at radius 2 is 1.96 bits per heavy atom. The number of carbonyl (C=O) groups excluding carboxylic acids is 1. The lowest BCUT2D eigenvalue weighted by Gasteiger charge is -2.25. The quantitative estimate of drug-likeness (QED) is 0.915. The van der Waals surface area contributed by atoms with E-state index in [2.05, 4.69) is 5.32 Å². The van der Waals surface area contributed by atoms with Gasteiger partial charge in [-0.05, 0) is 61.4 Å². The maximum atomic E-state index is 12.5. The Balaban J connectivity index is 1.65. The normalized spacial score (nSPS) is 15.8. The highest BCUT2D eigenvalue weighted by atomic mass is 16.5. The second kappa shape index (κ2) is 7.25. The van der Waals surface area contributed by atoms with E-state index in [1.807, 2.05) is 49.4 Å². The van der Waals surface area contributed by atoms with Crippen LogP contribution in [0.4, 0.5) is 5.69 Å². The molecule has 0 saturated heterocycles. The lowest BCUT2D eigenvalue weighted by molar-refractivity contribution is -0.121. The summed E-state index contributed by atoms with van der Waals surface area (Å²) in [5.41, 5.74) is 1.74. The fourth-order valence-electron chi connectivity index (χ4n) is 2.71. The molecule has 1 N–H and O–H groups in total. The minimum absolute atomic E-state index is 0.0485. The van der Waals surface area contributed by atoms with Crippen molar-refractivity contribution in [3.63, 3.8) is 0 Å². The van der Waals surface area contributed by atoms with E-state index in [1.54, 1.807) is 7.11 Å². The Hall–Kier alpha value is -2.69. The third-order valence-electron chi connectivity index (χ3n) is 3.98. The van der Waals surface area contributed by atoms with Crippen LogP contribution in [0.15, 0.2) is 42.5 Å². The van der Waals surface area contributed by atoms with E-state index < -0.39 is 0 Å². The summed E-state index contributed by atoms with van der Waals surface area (Å²) in [6.45, 7) is 2.93. The lowest BCUT2D eigenvalue weighted by atomic mass is 9.95. The molecule has 2 aromatic rings. The molecule has 0 saturated carbocycles. The molecule has 0 bridgehead atoms. The molecular formula is C19H21NO4. The van der Waals surface area contributed by atoms with Crippen LogP contribution in [0, 0.1) is 5.92 Å². The molecular weight excluding hydrogens is 306 g/mol. The Bertz CT molecular complexity index is 712. The number of carbonyl (C=O) groups is 1. The van der Waals surface area contributed by atoms with E-state index in [0.29, 0.717) is 19.6 Å². The summed E-state index contributed by atoms with van der Waals surface area (Å²) < 4.78 is 16.3. The second-order valence-corrected chi connectivity index (χ2v) is 5.63. The van der Waals surface area contributed by atoms with Crippen molar-refractivity contribution in [3.05, 3.63) is 48.0 Å². The first-order valence-corrected chi connectivity index (χ1v) is 8.03. The van der Waals surface area contributed by atoms with Crippen LogP contribution >= 0.6 is 0 Å². The van der Waals surface area contributed by atoms with Gasteiger partial charge in [-0.25, -0.2) is 0 Å². The summed E-state index contributed by atoms with van der Waals surface area (Å²) in [6, 6.07) is 13.0. The molecule has 0 aromatic heterocycles. The predicted octanol–water partition coefficient (Wildman–Crippen LogP) is 3.28. The molecule has 126 valence electrons. The predicted molar refractivity (Wildman–Crippen MR) is 91.9 cm³/mol. The van der Waals surface area contributed by atoms with Gasteiger partial charge in [0.2, 0.25) is 5.91 Å². The van der Waals surface area contributed by atoms with Gasteiger partial charge in [0.1, 0.15) is 23.9 Å². The molecule has 24 heavy (non-hydrogen) atoms. The number of ether oxygens (including phenoxy) is 3. The maximum Gasteiger partial charge on any atom is 0.231 e. The molecule has 0 radical (unpaired) electrons. The van der Waals surface area contributed by atoms with Gasteiger partial charge in [0.05, 0.1) is 19.6 Å². The second-order valence-electron chi connectivity index (χ2n) is 5.63. The Labute approximate surface area is 141 Å². The summed E-state index contributed by atoms with van der Waals surface area (Å²) in [5, 5.41) is 2.93. The Morgan fingerprint density at radius 1 is 1.21 bits per heavy atom. The average molecular weight is 327 g/mol. The van der Waals surface area contributed by atoms with Crippen LogP contribution in [0.25, 0.3) is 0 Å². The van der Waals surface area contributed by atoms with Gasteiger partial charge in [0, 0.05) is 5.69 Å². The summed E-state index contributed by atoms with van der Waals surface area (Å²) >= 11 is 0. The molecule has 1 amide bonds.